The second kappa shape index (κ2) is 8.25. The number of rotatable bonds is 5. The van der Waals surface area contributed by atoms with Crippen LogP contribution < -0.4 is 15.0 Å². The van der Waals surface area contributed by atoms with Crippen LogP contribution in [0.1, 0.15) is 36.7 Å². The minimum absolute atomic E-state index is 0.247. The Labute approximate surface area is 164 Å². The molecule has 1 N–H and O–H groups in total. The monoisotopic (exact) mass is 376 g/mol. The number of anilines is 2. The van der Waals surface area contributed by atoms with E-state index in [-0.39, 0.29) is 5.91 Å². The van der Waals surface area contributed by atoms with Crippen LogP contribution in [0.4, 0.5) is 11.5 Å². The normalized spacial score (nSPS) is 14.1. The lowest BCUT2D eigenvalue weighted by molar-refractivity contribution is 0.102. The number of fused-ring (bicyclic) bond motifs is 1. The van der Waals surface area contributed by atoms with Crippen LogP contribution in [-0.2, 0) is 0 Å². The van der Waals surface area contributed by atoms with Gasteiger partial charge in [0.1, 0.15) is 5.75 Å². The second-order valence-electron chi connectivity index (χ2n) is 6.84. The first-order chi connectivity index (χ1) is 13.7. The highest BCUT2D eigenvalue weighted by atomic mass is 16.5. The summed E-state index contributed by atoms with van der Waals surface area (Å²) >= 11 is 0. The highest BCUT2D eigenvalue weighted by Crippen LogP contribution is 2.25. The summed E-state index contributed by atoms with van der Waals surface area (Å²) in [6.07, 6.45) is 3.42. The lowest BCUT2D eigenvalue weighted by Gasteiger charge is -2.29. The van der Waals surface area contributed by atoms with Crippen LogP contribution in [0.2, 0.25) is 0 Å². The molecule has 1 fully saturated rings. The topological polar surface area (TPSA) is 67.3 Å². The summed E-state index contributed by atoms with van der Waals surface area (Å²) in [5, 5.41) is 2.95. The third-order valence-corrected chi connectivity index (χ3v) is 4.85. The summed E-state index contributed by atoms with van der Waals surface area (Å²) in [5.41, 5.74) is 2.60. The van der Waals surface area contributed by atoms with Gasteiger partial charge >= 0.3 is 0 Å². The van der Waals surface area contributed by atoms with Gasteiger partial charge in [-0.2, -0.15) is 0 Å². The number of para-hydroxylation sites is 2. The van der Waals surface area contributed by atoms with Crippen LogP contribution in [0.15, 0.2) is 48.5 Å². The average Bonchev–Trinajstić information content (AvgIpc) is 2.75. The average molecular weight is 376 g/mol. The quantitative estimate of drug-likeness (QED) is 0.720. The molecule has 2 heterocycles. The Morgan fingerprint density at radius 2 is 1.68 bits per heavy atom. The van der Waals surface area contributed by atoms with Gasteiger partial charge in [0.15, 0.2) is 11.5 Å². The Morgan fingerprint density at radius 3 is 2.36 bits per heavy atom. The third-order valence-electron chi connectivity index (χ3n) is 4.85. The van der Waals surface area contributed by atoms with E-state index in [4.69, 9.17) is 9.72 Å². The molecule has 0 atom stereocenters. The molecule has 4 rings (SSSR count). The van der Waals surface area contributed by atoms with Crippen molar-refractivity contribution in [3.05, 3.63) is 54.2 Å². The molecule has 0 aliphatic carbocycles. The molecule has 1 aliphatic rings. The fourth-order valence-electron chi connectivity index (χ4n) is 3.46. The van der Waals surface area contributed by atoms with Gasteiger partial charge in [-0.1, -0.05) is 12.1 Å². The number of nitrogens with one attached hydrogen (secondary N) is 1. The fourth-order valence-corrected chi connectivity index (χ4v) is 3.46. The van der Waals surface area contributed by atoms with Crippen molar-refractivity contribution in [2.24, 2.45) is 0 Å². The zero-order valence-corrected chi connectivity index (χ0v) is 16.0. The minimum Gasteiger partial charge on any atom is -0.494 e. The number of piperidine rings is 1. The molecule has 1 aromatic heterocycles. The predicted octanol–water partition coefficient (Wildman–Crippen LogP) is 4.27. The smallest absolute Gasteiger partial charge is 0.278 e. The molecule has 6 nitrogen and oxygen atoms in total. The molecular formula is C22H24N4O2. The molecule has 0 saturated carbocycles. The molecule has 1 amide bonds. The summed E-state index contributed by atoms with van der Waals surface area (Å²) in [6, 6.07) is 15.0. The van der Waals surface area contributed by atoms with Crippen molar-refractivity contribution >= 4 is 28.4 Å². The molecule has 0 spiro atoms. The molecule has 0 unspecified atom stereocenters. The van der Waals surface area contributed by atoms with Gasteiger partial charge in [0.25, 0.3) is 5.91 Å². The van der Waals surface area contributed by atoms with E-state index in [1.807, 2.05) is 55.5 Å². The van der Waals surface area contributed by atoms with E-state index in [0.717, 1.165) is 42.7 Å². The number of aromatic nitrogens is 2. The van der Waals surface area contributed by atoms with E-state index in [2.05, 4.69) is 15.2 Å². The number of hydrogen-bond donors (Lipinski definition) is 1. The maximum Gasteiger partial charge on any atom is 0.278 e. The van der Waals surface area contributed by atoms with Crippen LogP contribution in [-0.4, -0.2) is 35.6 Å². The number of carbonyl (C=O) groups is 1. The molecule has 28 heavy (non-hydrogen) atoms. The first kappa shape index (κ1) is 18.2. The summed E-state index contributed by atoms with van der Waals surface area (Å²) in [5.74, 6) is 1.20. The maximum absolute atomic E-state index is 13.1. The molecule has 144 valence electrons. The van der Waals surface area contributed by atoms with Crippen molar-refractivity contribution in [3.8, 4) is 5.75 Å². The Balaban J connectivity index is 1.66. The number of hydrogen-bond acceptors (Lipinski definition) is 5. The SMILES string of the molecule is CCOc1ccc(NC(=O)c2nc3ccccc3nc2N2CCCCC2)cc1. The molecule has 2 aromatic carbocycles. The van der Waals surface area contributed by atoms with E-state index in [9.17, 15) is 4.79 Å². The number of ether oxygens (including phenoxy) is 1. The van der Waals surface area contributed by atoms with E-state index in [1.165, 1.54) is 6.42 Å². The molecule has 1 aliphatic heterocycles. The Hall–Kier alpha value is -3.15. The Morgan fingerprint density at radius 1 is 1.00 bits per heavy atom. The number of carbonyl (C=O) groups excluding carboxylic acids is 1. The van der Waals surface area contributed by atoms with Crippen molar-refractivity contribution < 1.29 is 9.53 Å². The molecule has 3 aromatic rings. The van der Waals surface area contributed by atoms with Gasteiger partial charge in [-0.15, -0.1) is 0 Å². The maximum atomic E-state index is 13.1. The first-order valence-corrected chi connectivity index (χ1v) is 9.80. The number of amides is 1. The van der Waals surface area contributed by atoms with Crippen LogP contribution in [0.25, 0.3) is 11.0 Å². The predicted molar refractivity (Wildman–Crippen MR) is 111 cm³/mol. The summed E-state index contributed by atoms with van der Waals surface area (Å²) in [7, 11) is 0. The fraction of sp³-hybridized carbons (Fsp3) is 0.318. The largest absolute Gasteiger partial charge is 0.494 e. The van der Waals surface area contributed by atoms with E-state index in [0.29, 0.717) is 23.8 Å². The lowest BCUT2D eigenvalue weighted by Crippen LogP contribution is -2.33. The Kier molecular flexibility index (Phi) is 5.37. The van der Waals surface area contributed by atoms with Gasteiger partial charge in [-0.05, 0) is 62.6 Å². The van der Waals surface area contributed by atoms with Crippen LogP contribution in [0.5, 0.6) is 5.75 Å². The number of benzene rings is 2. The van der Waals surface area contributed by atoms with Gasteiger partial charge in [0.05, 0.1) is 17.6 Å². The zero-order chi connectivity index (χ0) is 19.3. The third kappa shape index (κ3) is 3.91. The second-order valence-corrected chi connectivity index (χ2v) is 6.84. The van der Waals surface area contributed by atoms with Crippen molar-refractivity contribution in [2.45, 2.75) is 26.2 Å². The van der Waals surface area contributed by atoms with Crippen LogP contribution >= 0.6 is 0 Å². The van der Waals surface area contributed by atoms with Crippen LogP contribution in [0.3, 0.4) is 0 Å². The minimum atomic E-state index is -0.247. The van der Waals surface area contributed by atoms with Crippen molar-refractivity contribution in [2.75, 3.05) is 29.9 Å². The molecule has 0 radical (unpaired) electrons. The number of nitrogens with zero attached hydrogens (tertiary/aromatic N) is 3. The van der Waals surface area contributed by atoms with Crippen molar-refractivity contribution in [1.82, 2.24) is 9.97 Å². The lowest BCUT2D eigenvalue weighted by atomic mass is 10.1. The highest BCUT2D eigenvalue weighted by Gasteiger charge is 2.22. The summed E-state index contributed by atoms with van der Waals surface area (Å²) < 4.78 is 5.46. The van der Waals surface area contributed by atoms with Gasteiger partial charge in [0.2, 0.25) is 0 Å². The van der Waals surface area contributed by atoms with E-state index in [1.54, 1.807) is 0 Å². The van der Waals surface area contributed by atoms with Crippen LogP contribution in [0, 0.1) is 0 Å². The highest BCUT2D eigenvalue weighted by molar-refractivity contribution is 6.07. The standard InChI is InChI=1S/C22H24N4O2/c1-2-28-17-12-10-16(11-13-17)23-22(27)20-21(26-14-6-3-7-15-26)25-19-9-5-4-8-18(19)24-20/h4-5,8-13H,2-3,6-7,14-15H2,1H3,(H,23,27). The molecular weight excluding hydrogens is 352 g/mol. The van der Waals surface area contributed by atoms with Gasteiger partial charge < -0.3 is 15.0 Å². The van der Waals surface area contributed by atoms with Gasteiger partial charge in [-0.3, -0.25) is 4.79 Å². The van der Waals surface area contributed by atoms with Gasteiger partial charge in [0, 0.05) is 18.8 Å². The van der Waals surface area contributed by atoms with Gasteiger partial charge in [-0.25, -0.2) is 9.97 Å². The summed E-state index contributed by atoms with van der Waals surface area (Å²) in [4.78, 5) is 24.7. The summed E-state index contributed by atoms with van der Waals surface area (Å²) in [6.45, 7) is 4.35. The Bertz CT molecular complexity index is 966. The van der Waals surface area contributed by atoms with E-state index >= 15 is 0 Å². The molecule has 0 bridgehead atoms. The van der Waals surface area contributed by atoms with E-state index < -0.39 is 0 Å². The molecule has 1 saturated heterocycles. The zero-order valence-electron chi connectivity index (χ0n) is 16.0. The van der Waals surface area contributed by atoms with Crippen molar-refractivity contribution in [3.63, 3.8) is 0 Å². The van der Waals surface area contributed by atoms with Crippen molar-refractivity contribution in [1.29, 1.82) is 0 Å². The first-order valence-electron chi connectivity index (χ1n) is 9.80. The molecule has 6 heteroatoms.